The van der Waals surface area contributed by atoms with Crippen LogP contribution in [-0.2, 0) is 16.9 Å². The Morgan fingerprint density at radius 1 is 1.14 bits per heavy atom. The van der Waals surface area contributed by atoms with Crippen LogP contribution in [-0.4, -0.2) is 35.3 Å². The van der Waals surface area contributed by atoms with Gasteiger partial charge in [-0.2, -0.15) is 0 Å². The van der Waals surface area contributed by atoms with E-state index in [2.05, 4.69) is 0 Å². The van der Waals surface area contributed by atoms with E-state index in [9.17, 15) is 9.90 Å². The maximum absolute atomic E-state index is 12.7. The normalized spacial score (nSPS) is 26.2. The van der Waals surface area contributed by atoms with Gasteiger partial charge < -0.3 is 19.5 Å². The average molecular weight is 381 g/mol. The zero-order chi connectivity index (χ0) is 19.7. The number of nitrogens with zero attached hydrogens (tertiary/aromatic N) is 1. The molecule has 0 aromatic heterocycles. The molecule has 5 heteroatoms. The summed E-state index contributed by atoms with van der Waals surface area (Å²) >= 11 is 0. The predicted molar refractivity (Wildman–Crippen MR) is 106 cm³/mol. The molecule has 1 N–H and O–H groups in total. The lowest BCUT2D eigenvalue weighted by molar-refractivity contribution is -0.0548. The Balaban J connectivity index is 1.49. The van der Waals surface area contributed by atoms with Crippen molar-refractivity contribution in [1.82, 2.24) is 4.90 Å². The topological polar surface area (TPSA) is 59.0 Å². The van der Waals surface area contributed by atoms with E-state index in [0.717, 1.165) is 29.5 Å². The molecule has 0 spiro atoms. The molecule has 2 aliphatic rings. The average Bonchev–Trinajstić information content (AvgIpc) is 2.98. The van der Waals surface area contributed by atoms with Gasteiger partial charge in [0.25, 0.3) is 0 Å². The van der Waals surface area contributed by atoms with E-state index in [4.69, 9.17) is 9.47 Å². The lowest BCUT2D eigenvalue weighted by Crippen LogP contribution is -2.52. The molecule has 2 heterocycles. The molecule has 2 aliphatic heterocycles. The van der Waals surface area contributed by atoms with Gasteiger partial charge in [-0.05, 0) is 37.0 Å². The van der Waals surface area contributed by atoms with Crippen LogP contribution >= 0.6 is 0 Å². The van der Waals surface area contributed by atoms with Gasteiger partial charge in [0.1, 0.15) is 12.4 Å². The number of fused-ring (bicyclic) bond motifs is 2. The van der Waals surface area contributed by atoms with Crippen LogP contribution in [0.15, 0.2) is 48.5 Å². The number of methoxy groups -OCH3 is 1. The van der Waals surface area contributed by atoms with E-state index in [-0.39, 0.29) is 24.8 Å². The van der Waals surface area contributed by atoms with Crippen molar-refractivity contribution in [2.24, 2.45) is 0 Å². The second-order valence-electron chi connectivity index (χ2n) is 7.98. The largest absolute Gasteiger partial charge is 0.496 e. The zero-order valence-electron chi connectivity index (χ0n) is 16.4. The minimum Gasteiger partial charge on any atom is -0.496 e. The van der Waals surface area contributed by atoms with Crippen molar-refractivity contribution in [2.75, 3.05) is 7.11 Å². The molecule has 28 heavy (non-hydrogen) atoms. The minimum absolute atomic E-state index is 0.0157. The number of aliphatic hydroxyl groups is 1. The molecule has 5 nitrogen and oxygen atoms in total. The molecule has 2 aromatic carbocycles. The number of hydrogen-bond donors (Lipinski definition) is 1. The summed E-state index contributed by atoms with van der Waals surface area (Å²) in [5.41, 5.74) is 1.89. The number of hydrogen-bond acceptors (Lipinski definition) is 4. The smallest absolute Gasteiger partial charge is 0.410 e. The number of carbonyl (C=O) groups excluding carboxylic acids is 1. The van der Waals surface area contributed by atoms with Crippen molar-refractivity contribution in [2.45, 2.75) is 56.9 Å². The molecule has 0 saturated carbocycles. The van der Waals surface area contributed by atoms with Crippen LogP contribution in [0.3, 0.4) is 0 Å². The Bertz CT molecular complexity index is 837. The van der Waals surface area contributed by atoms with Gasteiger partial charge in [0.2, 0.25) is 0 Å². The van der Waals surface area contributed by atoms with Gasteiger partial charge in [-0.1, -0.05) is 42.5 Å². The number of carbonyl (C=O) groups is 1. The number of piperidine rings is 1. The van der Waals surface area contributed by atoms with E-state index in [1.54, 1.807) is 7.11 Å². The third-order valence-corrected chi connectivity index (χ3v) is 6.04. The van der Waals surface area contributed by atoms with Gasteiger partial charge in [-0.3, -0.25) is 0 Å². The Labute approximate surface area is 165 Å². The van der Waals surface area contributed by atoms with Crippen molar-refractivity contribution in [3.8, 4) is 5.75 Å². The lowest BCUT2D eigenvalue weighted by atomic mass is 9.80. The molecular formula is C23H27NO4. The Morgan fingerprint density at radius 3 is 2.46 bits per heavy atom. The monoisotopic (exact) mass is 381 g/mol. The first-order valence-electron chi connectivity index (χ1n) is 9.87. The summed E-state index contributed by atoms with van der Waals surface area (Å²) in [4.78, 5) is 14.6. The molecule has 2 bridgehead atoms. The van der Waals surface area contributed by atoms with Crippen LogP contribution in [0, 0.1) is 6.92 Å². The molecule has 2 fully saturated rings. The second kappa shape index (κ2) is 7.47. The molecule has 0 radical (unpaired) electrons. The molecular weight excluding hydrogens is 354 g/mol. The van der Waals surface area contributed by atoms with Gasteiger partial charge in [0.05, 0.1) is 12.7 Å². The number of ether oxygens (including phenoxy) is 2. The Hall–Kier alpha value is -2.53. The van der Waals surface area contributed by atoms with Crippen LogP contribution in [0.2, 0.25) is 0 Å². The van der Waals surface area contributed by atoms with E-state index in [1.807, 2.05) is 60.4 Å². The maximum Gasteiger partial charge on any atom is 0.410 e. The van der Waals surface area contributed by atoms with Gasteiger partial charge >= 0.3 is 6.09 Å². The molecule has 148 valence electrons. The van der Waals surface area contributed by atoms with E-state index < -0.39 is 5.60 Å². The van der Waals surface area contributed by atoms with Gasteiger partial charge in [0, 0.05) is 30.5 Å². The van der Waals surface area contributed by atoms with E-state index in [1.165, 1.54) is 0 Å². The van der Waals surface area contributed by atoms with Crippen LogP contribution in [0.4, 0.5) is 4.79 Å². The van der Waals surface area contributed by atoms with Crippen LogP contribution in [0.1, 0.15) is 42.4 Å². The van der Waals surface area contributed by atoms with Gasteiger partial charge in [0.15, 0.2) is 0 Å². The van der Waals surface area contributed by atoms with Crippen molar-refractivity contribution in [1.29, 1.82) is 0 Å². The molecule has 0 aliphatic carbocycles. The first-order valence-corrected chi connectivity index (χ1v) is 9.87. The highest BCUT2D eigenvalue weighted by atomic mass is 16.6. The van der Waals surface area contributed by atoms with E-state index in [0.29, 0.717) is 18.6 Å². The number of amides is 1. The summed E-state index contributed by atoms with van der Waals surface area (Å²) in [6, 6.07) is 15.6. The fraction of sp³-hybridized carbons (Fsp3) is 0.435. The third-order valence-electron chi connectivity index (χ3n) is 6.04. The van der Waals surface area contributed by atoms with Crippen LogP contribution < -0.4 is 4.74 Å². The summed E-state index contributed by atoms with van der Waals surface area (Å²) in [5.74, 6) is 0.710. The second-order valence-corrected chi connectivity index (χ2v) is 7.98. The minimum atomic E-state index is -0.985. The standard InChI is InChI=1S/C23H27NO4/c1-16-8-11-20(21(12-16)27-2)23(26)13-18-9-10-19(14-23)24(18)22(25)28-15-17-6-4-3-5-7-17/h3-8,11-12,18-19,26H,9-10,13-15H2,1-2H3. The van der Waals surface area contributed by atoms with Crippen molar-refractivity contribution in [3.63, 3.8) is 0 Å². The molecule has 2 atom stereocenters. The summed E-state index contributed by atoms with van der Waals surface area (Å²) in [7, 11) is 1.63. The highest BCUT2D eigenvalue weighted by Crippen LogP contribution is 2.48. The van der Waals surface area contributed by atoms with Gasteiger partial charge in [-0.15, -0.1) is 0 Å². The summed E-state index contributed by atoms with van der Waals surface area (Å²) in [6.07, 6.45) is 2.50. The molecule has 2 unspecified atom stereocenters. The fourth-order valence-corrected chi connectivity index (χ4v) is 4.72. The van der Waals surface area contributed by atoms with Crippen LogP contribution in [0.25, 0.3) is 0 Å². The first kappa shape index (κ1) is 18.8. The highest BCUT2D eigenvalue weighted by molar-refractivity contribution is 5.69. The van der Waals surface area contributed by atoms with Crippen molar-refractivity contribution in [3.05, 3.63) is 65.2 Å². The first-order chi connectivity index (χ1) is 13.5. The Morgan fingerprint density at radius 2 is 1.82 bits per heavy atom. The summed E-state index contributed by atoms with van der Waals surface area (Å²) in [6.45, 7) is 2.27. The Kier molecular flexibility index (Phi) is 5.02. The number of rotatable bonds is 4. The molecule has 2 aromatic rings. The molecule has 2 saturated heterocycles. The van der Waals surface area contributed by atoms with Crippen molar-refractivity contribution >= 4 is 6.09 Å². The molecule has 1 amide bonds. The van der Waals surface area contributed by atoms with Gasteiger partial charge in [-0.25, -0.2) is 4.79 Å². The third kappa shape index (κ3) is 3.47. The lowest BCUT2D eigenvalue weighted by Gasteiger charge is -2.43. The highest BCUT2D eigenvalue weighted by Gasteiger charge is 2.51. The predicted octanol–water partition coefficient (Wildman–Crippen LogP) is 4.15. The van der Waals surface area contributed by atoms with E-state index >= 15 is 0 Å². The van der Waals surface area contributed by atoms with Crippen LogP contribution in [0.5, 0.6) is 5.75 Å². The summed E-state index contributed by atoms with van der Waals surface area (Å²) in [5, 5.41) is 11.5. The summed E-state index contributed by atoms with van der Waals surface area (Å²) < 4.78 is 11.1. The molecule has 4 rings (SSSR count). The maximum atomic E-state index is 12.7. The zero-order valence-corrected chi connectivity index (χ0v) is 16.4. The SMILES string of the molecule is COc1cc(C)ccc1C1(O)CC2CCC(C1)N2C(=O)OCc1ccccc1. The van der Waals surface area contributed by atoms with Crippen molar-refractivity contribution < 1.29 is 19.4 Å². The fourth-order valence-electron chi connectivity index (χ4n) is 4.72. The quantitative estimate of drug-likeness (QED) is 0.864. The number of aryl methyl sites for hydroxylation is 1. The number of benzene rings is 2.